The van der Waals surface area contributed by atoms with Gasteiger partial charge in [-0.3, -0.25) is 13.9 Å². The minimum atomic E-state index is -0.0723. The first kappa shape index (κ1) is 16.1. The predicted molar refractivity (Wildman–Crippen MR) is 96.3 cm³/mol. The van der Waals surface area contributed by atoms with Gasteiger partial charge in [-0.25, -0.2) is 4.79 Å². The summed E-state index contributed by atoms with van der Waals surface area (Å²) in [6.07, 6.45) is 1.13. The normalized spacial score (nSPS) is 11.0. The number of nitrogens with one attached hydrogen (secondary N) is 1. The van der Waals surface area contributed by atoms with E-state index in [1.807, 2.05) is 49.4 Å². The third-order valence-corrected chi connectivity index (χ3v) is 4.38. The van der Waals surface area contributed by atoms with Gasteiger partial charge in [-0.15, -0.1) is 0 Å². The zero-order chi connectivity index (χ0) is 17.3. The van der Waals surface area contributed by atoms with E-state index in [2.05, 4.69) is 5.32 Å². The highest BCUT2D eigenvalue weighted by molar-refractivity contribution is 5.94. The molecule has 0 aliphatic heterocycles. The summed E-state index contributed by atoms with van der Waals surface area (Å²) in [5, 5.41) is 2.96. The highest BCUT2D eigenvalue weighted by Crippen LogP contribution is 2.22. The average molecular weight is 323 g/mol. The van der Waals surface area contributed by atoms with Gasteiger partial charge in [0.05, 0.1) is 11.0 Å². The molecule has 1 heterocycles. The Hall–Kier alpha value is -2.82. The van der Waals surface area contributed by atoms with Crippen molar-refractivity contribution in [1.29, 1.82) is 0 Å². The van der Waals surface area contributed by atoms with E-state index in [4.69, 9.17) is 0 Å². The van der Waals surface area contributed by atoms with Gasteiger partial charge in [-0.05, 0) is 36.6 Å². The molecule has 0 saturated heterocycles. The Morgan fingerprint density at radius 1 is 1.04 bits per heavy atom. The Morgan fingerprint density at radius 3 is 2.33 bits per heavy atom. The molecule has 1 N–H and O–H groups in total. The molecule has 3 rings (SSSR count). The summed E-state index contributed by atoms with van der Waals surface area (Å²) in [4.78, 5) is 24.3. The second-order valence-electron chi connectivity index (χ2n) is 6.09. The maximum atomic E-state index is 12.2. The van der Waals surface area contributed by atoms with Crippen LogP contribution in [0, 0.1) is 6.92 Å². The van der Waals surface area contributed by atoms with Gasteiger partial charge in [0.1, 0.15) is 0 Å². The first-order valence-corrected chi connectivity index (χ1v) is 7.97. The summed E-state index contributed by atoms with van der Waals surface area (Å²) in [5.41, 5.74) is 4.44. The SMILES string of the molecule is Cc1cc2c(cc1NC(=O)CCc1ccccc1)n(C)c(=O)n2C. The number of carbonyl (C=O) groups excluding carboxylic acids is 1. The van der Waals surface area contributed by atoms with Crippen LogP contribution in [0.15, 0.2) is 47.3 Å². The van der Waals surface area contributed by atoms with Crippen molar-refractivity contribution in [2.75, 3.05) is 5.32 Å². The fraction of sp³-hybridized carbons (Fsp3) is 0.263. The van der Waals surface area contributed by atoms with Crippen LogP contribution >= 0.6 is 0 Å². The van der Waals surface area contributed by atoms with Crippen LogP contribution in [0.2, 0.25) is 0 Å². The van der Waals surface area contributed by atoms with Crippen molar-refractivity contribution in [2.45, 2.75) is 19.8 Å². The highest BCUT2D eigenvalue weighted by atomic mass is 16.2. The fourth-order valence-corrected chi connectivity index (χ4v) is 2.90. The maximum absolute atomic E-state index is 12.2. The summed E-state index contributed by atoms with van der Waals surface area (Å²) in [5.74, 6) is -0.0257. The van der Waals surface area contributed by atoms with Crippen LogP contribution in [0.4, 0.5) is 5.69 Å². The molecule has 0 saturated carbocycles. The Balaban J connectivity index is 1.79. The standard InChI is InChI=1S/C19H21N3O2/c1-13-11-16-17(22(3)19(24)21(16)2)12-15(13)20-18(23)10-9-14-7-5-4-6-8-14/h4-8,11-12H,9-10H2,1-3H3,(H,20,23). The van der Waals surface area contributed by atoms with Crippen molar-refractivity contribution >= 4 is 22.6 Å². The lowest BCUT2D eigenvalue weighted by molar-refractivity contribution is -0.116. The molecule has 2 aromatic carbocycles. The van der Waals surface area contributed by atoms with E-state index < -0.39 is 0 Å². The van der Waals surface area contributed by atoms with Gasteiger partial charge in [0.15, 0.2) is 0 Å². The van der Waals surface area contributed by atoms with Crippen LogP contribution in [0.25, 0.3) is 11.0 Å². The van der Waals surface area contributed by atoms with Crippen molar-refractivity contribution in [1.82, 2.24) is 9.13 Å². The van der Waals surface area contributed by atoms with Crippen LogP contribution in [0.1, 0.15) is 17.5 Å². The number of carbonyl (C=O) groups is 1. The van der Waals surface area contributed by atoms with E-state index in [-0.39, 0.29) is 11.6 Å². The molecule has 0 aliphatic rings. The molecule has 124 valence electrons. The van der Waals surface area contributed by atoms with E-state index in [0.29, 0.717) is 12.8 Å². The second kappa shape index (κ2) is 6.35. The number of hydrogen-bond acceptors (Lipinski definition) is 2. The number of aromatic nitrogens is 2. The number of rotatable bonds is 4. The van der Waals surface area contributed by atoms with Gasteiger partial charge >= 0.3 is 5.69 Å². The van der Waals surface area contributed by atoms with Gasteiger partial charge in [-0.1, -0.05) is 30.3 Å². The number of anilines is 1. The smallest absolute Gasteiger partial charge is 0.326 e. The molecule has 1 amide bonds. The van der Waals surface area contributed by atoms with Crippen LogP contribution < -0.4 is 11.0 Å². The lowest BCUT2D eigenvalue weighted by Crippen LogP contribution is -2.19. The van der Waals surface area contributed by atoms with Gasteiger partial charge < -0.3 is 5.32 Å². The van der Waals surface area contributed by atoms with Gasteiger partial charge in [0, 0.05) is 26.2 Å². The average Bonchev–Trinajstić information content (AvgIpc) is 2.79. The second-order valence-corrected chi connectivity index (χ2v) is 6.09. The number of aryl methyl sites for hydroxylation is 4. The molecule has 0 fully saturated rings. The minimum Gasteiger partial charge on any atom is -0.326 e. The number of hydrogen-bond donors (Lipinski definition) is 1. The van der Waals surface area contributed by atoms with Gasteiger partial charge in [0.2, 0.25) is 5.91 Å². The summed E-state index contributed by atoms with van der Waals surface area (Å²) in [6, 6.07) is 13.7. The first-order valence-electron chi connectivity index (χ1n) is 7.97. The van der Waals surface area contributed by atoms with E-state index in [9.17, 15) is 9.59 Å². The van der Waals surface area contributed by atoms with Crippen molar-refractivity contribution in [3.8, 4) is 0 Å². The molecular weight excluding hydrogens is 302 g/mol. The Kier molecular flexibility index (Phi) is 4.25. The molecule has 0 atom stereocenters. The molecule has 0 aliphatic carbocycles. The summed E-state index contributed by atoms with van der Waals surface area (Å²) >= 11 is 0. The molecule has 5 heteroatoms. The number of nitrogens with zero attached hydrogens (tertiary/aromatic N) is 2. The molecular formula is C19H21N3O2. The Morgan fingerprint density at radius 2 is 1.67 bits per heavy atom. The van der Waals surface area contributed by atoms with Crippen LogP contribution in [0.5, 0.6) is 0 Å². The minimum absolute atomic E-state index is 0.0257. The van der Waals surface area contributed by atoms with Crippen molar-refractivity contribution in [3.05, 3.63) is 64.1 Å². The van der Waals surface area contributed by atoms with E-state index in [1.54, 1.807) is 23.2 Å². The van der Waals surface area contributed by atoms with Crippen LogP contribution in [-0.4, -0.2) is 15.0 Å². The lowest BCUT2D eigenvalue weighted by atomic mass is 10.1. The Labute approximate surface area is 140 Å². The number of fused-ring (bicyclic) bond motifs is 1. The number of benzene rings is 2. The number of imidazole rings is 1. The lowest BCUT2D eigenvalue weighted by Gasteiger charge is -2.10. The van der Waals surface area contributed by atoms with Crippen LogP contribution in [-0.2, 0) is 25.3 Å². The summed E-state index contributed by atoms with van der Waals surface area (Å²) in [6.45, 7) is 1.93. The molecule has 0 radical (unpaired) electrons. The monoisotopic (exact) mass is 323 g/mol. The van der Waals surface area contributed by atoms with E-state index >= 15 is 0 Å². The molecule has 0 spiro atoms. The van der Waals surface area contributed by atoms with Gasteiger partial charge in [0.25, 0.3) is 0 Å². The third-order valence-electron chi connectivity index (χ3n) is 4.38. The Bertz CT molecular complexity index is 952. The largest absolute Gasteiger partial charge is 0.328 e. The quantitative estimate of drug-likeness (QED) is 0.802. The van der Waals surface area contributed by atoms with E-state index in [0.717, 1.165) is 27.8 Å². The first-order chi connectivity index (χ1) is 11.5. The number of amides is 1. The topological polar surface area (TPSA) is 56.0 Å². The molecule has 5 nitrogen and oxygen atoms in total. The molecule has 0 unspecified atom stereocenters. The molecule has 0 bridgehead atoms. The maximum Gasteiger partial charge on any atom is 0.328 e. The highest BCUT2D eigenvalue weighted by Gasteiger charge is 2.12. The predicted octanol–water partition coefficient (Wildman–Crippen LogP) is 2.76. The molecule has 1 aromatic heterocycles. The van der Waals surface area contributed by atoms with Crippen LogP contribution in [0.3, 0.4) is 0 Å². The van der Waals surface area contributed by atoms with E-state index in [1.165, 1.54) is 0 Å². The summed E-state index contributed by atoms with van der Waals surface area (Å²) < 4.78 is 3.21. The zero-order valence-corrected chi connectivity index (χ0v) is 14.2. The zero-order valence-electron chi connectivity index (χ0n) is 14.2. The van der Waals surface area contributed by atoms with Crippen molar-refractivity contribution in [3.63, 3.8) is 0 Å². The van der Waals surface area contributed by atoms with Crippen molar-refractivity contribution < 1.29 is 4.79 Å². The third kappa shape index (κ3) is 2.97. The summed E-state index contributed by atoms with van der Waals surface area (Å²) in [7, 11) is 3.49. The molecule has 3 aromatic rings. The van der Waals surface area contributed by atoms with Gasteiger partial charge in [-0.2, -0.15) is 0 Å². The van der Waals surface area contributed by atoms with Crippen molar-refractivity contribution in [2.24, 2.45) is 14.1 Å². The molecule has 24 heavy (non-hydrogen) atoms. The fourth-order valence-electron chi connectivity index (χ4n) is 2.90.